The van der Waals surface area contributed by atoms with Gasteiger partial charge in [0, 0.05) is 11.4 Å². The summed E-state index contributed by atoms with van der Waals surface area (Å²) in [5.74, 6) is 0. The SMILES string of the molecule is CCNCc1cc(S(=O)(=O)NC)c(Br)s1. The van der Waals surface area contributed by atoms with Crippen LogP contribution in [0.25, 0.3) is 0 Å². The molecule has 0 aliphatic carbocycles. The lowest BCUT2D eigenvalue weighted by Crippen LogP contribution is -2.18. The quantitative estimate of drug-likeness (QED) is 0.867. The number of hydrogen-bond donors (Lipinski definition) is 2. The van der Waals surface area contributed by atoms with Crippen molar-refractivity contribution >= 4 is 37.3 Å². The van der Waals surface area contributed by atoms with E-state index in [0.29, 0.717) is 15.2 Å². The second kappa shape index (κ2) is 5.40. The van der Waals surface area contributed by atoms with Gasteiger partial charge < -0.3 is 5.32 Å². The van der Waals surface area contributed by atoms with E-state index < -0.39 is 10.0 Å². The summed E-state index contributed by atoms with van der Waals surface area (Å²) < 4.78 is 26.0. The Bertz CT molecular complexity index is 428. The second-order valence-electron chi connectivity index (χ2n) is 2.84. The normalized spacial score (nSPS) is 11.9. The summed E-state index contributed by atoms with van der Waals surface area (Å²) in [4.78, 5) is 1.31. The van der Waals surface area contributed by atoms with Gasteiger partial charge in [-0.25, -0.2) is 13.1 Å². The van der Waals surface area contributed by atoms with Crippen molar-refractivity contribution in [1.82, 2.24) is 10.0 Å². The van der Waals surface area contributed by atoms with Crippen LogP contribution in [0.1, 0.15) is 11.8 Å². The van der Waals surface area contributed by atoms with Gasteiger partial charge in [-0.1, -0.05) is 6.92 Å². The van der Waals surface area contributed by atoms with E-state index in [1.165, 1.54) is 18.4 Å². The van der Waals surface area contributed by atoms with Crippen molar-refractivity contribution < 1.29 is 8.42 Å². The van der Waals surface area contributed by atoms with E-state index >= 15 is 0 Å². The minimum Gasteiger partial charge on any atom is -0.312 e. The number of halogens is 1. The fraction of sp³-hybridized carbons (Fsp3) is 0.500. The van der Waals surface area contributed by atoms with Gasteiger partial charge in [0.2, 0.25) is 10.0 Å². The Morgan fingerprint density at radius 2 is 2.20 bits per heavy atom. The lowest BCUT2D eigenvalue weighted by atomic mass is 10.4. The van der Waals surface area contributed by atoms with Crippen molar-refractivity contribution in [2.24, 2.45) is 0 Å². The maximum absolute atomic E-state index is 11.6. The third-order valence-electron chi connectivity index (χ3n) is 1.81. The third-order valence-corrected chi connectivity index (χ3v) is 5.48. The zero-order valence-electron chi connectivity index (χ0n) is 8.50. The zero-order chi connectivity index (χ0) is 11.5. The summed E-state index contributed by atoms with van der Waals surface area (Å²) in [6, 6.07) is 1.68. The van der Waals surface area contributed by atoms with Gasteiger partial charge >= 0.3 is 0 Å². The highest BCUT2D eigenvalue weighted by atomic mass is 79.9. The maximum atomic E-state index is 11.6. The summed E-state index contributed by atoms with van der Waals surface area (Å²) in [6.07, 6.45) is 0. The van der Waals surface area contributed by atoms with E-state index in [1.54, 1.807) is 6.07 Å². The topological polar surface area (TPSA) is 58.2 Å². The number of nitrogens with one attached hydrogen (secondary N) is 2. The van der Waals surface area contributed by atoms with Crippen molar-refractivity contribution in [2.75, 3.05) is 13.6 Å². The Morgan fingerprint density at radius 3 is 2.73 bits per heavy atom. The van der Waals surface area contributed by atoms with Crippen molar-refractivity contribution in [3.05, 3.63) is 14.7 Å². The van der Waals surface area contributed by atoms with Crippen LogP contribution in [0.5, 0.6) is 0 Å². The van der Waals surface area contributed by atoms with Crippen LogP contribution in [0, 0.1) is 0 Å². The van der Waals surface area contributed by atoms with Crippen molar-refractivity contribution in [3.63, 3.8) is 0 Å². The molecule has 0 unspecified atom stereocenters. The molecule has 1 rings (SSSR count). The molecule has 0 fully saturated rings. The third kappa shape index (κ3) is 3.25. The van der Waals surface area contributed by atoms with Crippen LogP contribution in [0.15, 0.2) is 14.7 Å². The van der Waals surface area contributed by atoms with Gasteiger partial charge in [-0.05, 0) is 35.6 Å². The molecule has 4 nitrogen and oxygen atoms in total. The molecule has 0 spiro atoms. The van der Waals surface area contributed by atoms with Gasteiger partial charge in [-0.15, -0.1) is 11.3 Å². The molecule has 0 saturated carbocycles. The van der Waals surface area contributed by atoms with Crippen LogP contribution in [0.2, 0.25) is 0 Å². The molecule has 86 valence electrons. The molecule has 15 heavy (non-hydrogen) atoms. The lowest BCUT2D eigenvalue weighted by molar-refractivity contribution is 0.588. The van der Waals surface area contributed by atoms with E-state index in [4.69, 9.17) is 0 Å². The number of sulfonamides is 1. The molecule has 0 radical (unpaired) electrons. The Kier molecular flexibility index (Phi) is 4.72. The summed E-state index contributed by atoms with van der Waals surface area (Å²) in [6.45, 7) is 3.57. The molecule has 2 N–H and O–H groups in total. The minimum atomic E-state index is -3.35. The zero-order valence-corrected chi connectivity index (χ0v) is 11.7. The van der Waals surface area contributed by atoms with Crippen molar-refractivity contribution in [3.8, 4) is 0 Å². The van der Waals surface area contributed by atoms with Crippen LogP contribution >= 0.6 is 27.3 Å². The Morgan fingerprint density at radius 1 is 1.53 bits per heavy atom. The second-order valence-corrected chi connectivity index (χ2v) is 7.15. The highest BCUT2D eigenvalue weighted by Crippen LogP contribution is 2.31. The van der Waals surface area contributed by atoms with Crippen molar-refractivity contribution in [1.29, 1.82) is 0 Å². The molecular formula is C8H13BrN2O2S2. The Labute approximate surface area is 102 Å². The molecule has 0 aliphatic heterocycles. The molecule has 1 aromatic rings. The predicted molar refractivity (Wildman–Crippen MR) is 65.6 cm³/mol. The van der Waals surface area contributed by atoms with Crippen molar-refractivity contribution in [2.45, 2.75) is 18.4 Å². The van der Waals surface area contributed by atoms with E-state index in [1.807, 2.05) is 6.92 Å². The first-order chi connectivity index (χ1) is 7.01. The Hall–Kier alpha value is 0.0500. The van der Waals surface area contributed by atoms with Crippen LogP contribution < -0.4 is 10.0 Å². The van der Waals surface area contributed by atoms with Gasteiger partial charge in [-0.3, -0.25) is 0 Å². The minimum absolute atomic E-state index is 0.308. The number of hydrogen-bond acceptors (Lipinski definition) is 4. The molecule has 1 aromatic heterocycles. The van der Waals surface area contributed by atoms with Gasteiger partial charge in [-0.2, -0.15) is 0 Å². The monoisotopic (exact) mass is 312 g/mol. The fourth-order valence-electron chi connectivity index (χ4n) is 1.03. The van der Waals surface area contributed by atoms with Gasteiger partial charge in [0.25, 0.3) is 0 Å². The number of thiophene rings is 1. The molecular weight excluding hydrogens is 300 g/mol. The summed E-state index contributed by atoms with van der Waals surface area (Å²) in [5, 5.41) is 3.15. The molecule has 0 amide bonds. The average molecular weight is 313 g/mol. The first kappa shape index (κ1) is 13.1. The van der Waals surface area contributed by atoms with Crippen LogP contribution in [-0.4, -0.2) is 22.0 Å². The number of rotatable bonds is 5. The highest BCUT2D eigenvalue weighted by molar-refractivity contribution is 9.11. The largest absolute Gasteiger partial charge is 0.312 e. The fourth-order valence-corrected chi connectivity index (χ4v) is 4.40. The first-order valence-corrected chi connectivity index (χ1v) is 7.53. The van der Waals surface area contributed by atoms with Gasteiger partial charge in [0.15, 0.2) is 0 Å². The molecule has 7 heteroatoms. The summed E-state index contributed by atoms with van der Waals surface area (Å²) >= 11 is 4.69. The van der Waals surface area contributed by atoms with Gasteiger partial charge in [0.1, 0.15) is 4.90 Å². The molecule has 0 atom stereocenters. The first-order valence-electron chi connectivity index (χ1n) is 4.43. The smallest absolute Gasteiger partial charge is 0.242 e. The average Bonchev–Trinajstić information content (AvgIpc) is 2.57. The molecule has 0 saturated heterocycles. The summed E-state index contributed by atoms with van der Waals surface area (Å²) in [7, 11) is -1.94. The maximum Gasteiger partial charge on any atom is 0.242 e. The van der Waals surface area contributed by atoms with Crippen LogP contribution in [0.3, 0.4) is 0 Å². The summed E-state index contributed by atoms with van der Waals surface area (Å²) in [5.41, 5.74) is 0. The molecule has 0 aliphatic rings. The molecule has 0 bridgehead atoms. The molecule has 0 aromatic carbocycles. The molecule has 1 heterocycles. The van der Waals surface area contributed by atoms with E-state index in [2.05, 4.69) is 26.0 Å². The highest BCUT2D eigenvalue weighted by Gasteiger charge is 2.18. The lowest BCUT2D eigenvalue weighted by Gasteiger charge is -1.98. The Balaban J connectivity index is 2.97. The predicted octanol–water partition coefficient (Wildman–Crippen LogP) is 1.53. The van der Waals surface area contributed by atoms with Crippen LogP contribution in [-0.2, 0) is 16.6 Å². The van der Waals surface area contributed by atoms with Gasteiger partial charge in [0.05, 0.1) is 3.79 Å². The van der Waals surface area contributed by atoms with E-state index in [0.717, 1.165) is 11.4 Å². The van der Waals surface area contributed by atoms with E-state index in [9.17, 15) is 8.42 Å². The van der Waals surface area contributed by atoms with Crippen LogP contribution in [0.4, 0.5) is 0 Å². The standard InChI is InChI=1S/C8H13BrN2O2S2/c1-3-11-5-6-4-7(8(9)14-6)15(12,13)10-2/h4,10-11H,3,5H2,1-2H3. The van der Waals surface area contributed by atoms with E-state index in [-0.39, 0.29) is 0 Å².